The van der Waals surface area contributed by atoms with Gasteiger partial charge in [0.25, 0.3) is 0 Å². The summed E-state index contributed by atoms with van der Waals surface area (Å²) in [7, 11) is 1.69. The van der Waals surface area contributed by atoms with Gasteiger partial charge in [0.15, 0.2) is 0 Å². The van der Waals surface area contributed by atoms with Crippen molar-refractivity contribution in [3.05, 3.63) is 0 Å². The fourth-order valence-electron chi connectivity index (χ4n) is 5.23. The first kappa shape index (κ1) is 35.6. The lowest BCUT2D eigenvalue weighted by Crippen LogP contribution is -2.11. The van der Waals surface area contributed by atoms with Crippen LogP contribution in [0.2, 0.25) is 0 Å². The van der Waals surface area contributed by atoms with Crippen molar-refractivity contribution in [3.63, 3.8) is 0 Å². The van der Waals surface area contributed by atoms with E-state index in [0.717, 1.165) is 12.8 Å². The highest BCUT2D eigenvalue weighted by Gasteiger charge is 2.14. The van der Waals surface area contributed by atoms with Gasteiger partial charge < -0.3 is 9.47 Å². The molecule has 3 nitrogen and oxygen atoms in total. The number of hydrogen-bond donors (Lipinski definition) is 0. The second-order valence-electron chi connectivity index (χ2n) is 11.3. The maximum Gasteiger partial charge on any atom is 0.133 e. The van der Waals surface area contributed by atoms with Gasteiger partial charge in [0.1, 0.15) is 5.78 Å². The zero-order valence-corrected chi connectivity index (χ0v) is 25.1. The molecular formula is C33H66O3. The predicted molar refractivity (Wildman–Crippen MR) is 158 cm³/mol. The van der Waals surface area contributed by atoms with Crippen molar-refractivity contribution in [2.75, 3.05) is 26.9 Å². The van der Waals surface area contributed by atoms with Gasteiger partial charge in [0, 0.05) is 26.6 Å². The van der Waals surface area contributed by atoms with Crippen LogP contribution in [-0.4, -0.2) is 32.7 Å². The molecule has 0 aromatic rings. The van der Waals surface area contributed by atoms with E-state index in [1.54, 1.807) is 7.11 Å². The van der Waals surface area contributed by atoms with Crippen LogP contribution >= 0.6 is 0 Å². The van der Waals surface area contributed by atoms with E-state index >= 15 is 0 Å². The highest BCUT2D eigenvalue weighted by molar-refractivity contribution is 5.78. The molecule has 0 atom stereocenters. The van der Waals surface area contributed by atoms with Crippen molar-refractivity contribution in [3.8, 4) is 0 Å². The Morgan fingerprint density at radius 3 is 1.36 bits per heavy atom. The molecule has 0 amide bonds. The quantitative estimate of drug-likeness (QED) is 0.0870. The summed E-state index contributed by atoms with van der Waals surface area (Å²) in [6, 6.07) is 0. The zero-order chi connectivity index (χ0) is 26.4. The number of methoxy groups -OCH3 is 1. The van der Waals surface area contributed by atoms with Crippen LogP contribution in [0.5, 0.6) is 0 Å². The van der Waals surface area contributed by atoms with Crippen LogP contribution in [0.3, 0.4) is 0 Å². The van der Waals surface area contributed by atoms with Gasteiger partial charge in [0.2, 0.25) is 0 Å². The molecule has 0 spiro atoms. The summed E-state index contributed by atoms with van der Waals surface area (Å²) < 4.78 is 10.5. The molecule has 216 valence electrons. The van der Waals surface area contributed by atoms with Gasteiger partial charge in [0.05, 0.1) is 13.2 Å². The monoisotopic (exact) mass is 511 g/mol. The van der Waals surface area contributed by atoms with Crippen LogP contribution in [0.15, 0.2) is 0 Å². The molecule has 0 aromatic carbocycles. The molecule has 0 N–H and O–H groups in total. The normalized spacial score (nSPS) is 11.6. The van der Waals surface area contributed by atoms with Gasteiger partial charge in [-0.2, -0.15) is 0 Å². The summed E-state index contributed by atoms with van der Waals surface area (Å²) >= 11 is 0. The number of Topliss-reactive ketones (excluding diaryl/α,β-unsaturated/α-hetero) is 1. The van der Waals surface area contributed by atoms with Gasteiger partial charge in [-0.15, -0.1) is 0 Å². The maximum atomic E-state index is 12.6. The molecule has 0 fully saturated rings. The minimum absolute atomic E-state index is 0.453. The Morgan fingerprint density at radius 1 is 0.528 bits per heavy atom. The van der Waals surface area contributed by atoms with Gasteiger partial charge in [-0.3, -0.25) is 4.79 Å². The van der Waals surface area contributed by atoms with Crippen LogP contribution < -0.4 is 0 Å². The van der Waals surface area contributed by atoms with Gasteiger partial charge in [-0.05, 0) is 12.3 Å². The summed E-state index contributed by atoms with van der Waals surface area (Å²) in [4.78, 5) is 12.6. The number of unbranched alkanes of at least 4 members (excludes halogenated alkanes) is 18. The van der Waals surface area contributed by atoms with E-state index in [1.165, 1.54) is 141 Å². The van der Waals surface area contributed by atoms with E-state index in [4.69, 9.17) is 9.47 Å². The van der Waals surface area contributed by atoms with Crippen molar-refractivity contribution in [2.24, 2.45) is 5.92 Å². The Kier molecular flexibility index (Phi) is 30.5. The molecule has 0 saturated heterocycles. The Labute approximate surface area is 227 Å². The molecule has 0 bridgehead atoms. The van der Waals surface area contributed by atoms with Crippen LogP contribution in [0.25, 0.3) is 0 Å². The minimum Gasteiger partial charge on any atom is -0.382 e. The topological polar surface area (TPSA) is 35.5 Å². The molecule has 0 aliphatic carbocycles. The average molecular weight is 511 g/mol. The minimum atomic E-state index is 0.453. The van der Waals surface area contributed by atoms with Crippen molar-refractivity contribution in [1.82, 2.24) is 0 Å². The third-order valence-corrected chi connectivity index (χ3v) is 7.62. The van der Waals surface area contributed by atoms with Crippen LogP contribution in [-0.2, 0) is 14.3 Å². The highest BCUT2D eigenvalue weighted by atomic mass is 16.5. The fraction of sp³-hybridized carbons (Fsp3) is 0.970. The van der Waals surface area contributed by atoms with E-state index in [1.807, 2.05) is 0 Å². The van der Waals surface area contributed by atoms with Gasteiger partial charge in [-0.1, -0.05) is 155 Å². The lowest BCUT2D eigenvalue weighted by atomic mass is 9.89. The molecule has 0 radical (unpaired) electrons. The lowest BCUT2D eigenvalue weighted by Gasteiger charge is -2.16. The first-order chi connectivity index (χ1) is 17.7. The summed E-state index contributed by atoms with van der Waals surface area (Å²) in [6.45, 7) is 6.52. The van der Waals surface area contributed by atoms with Crippen LogP contribution in [0, 0.1) is 5.92 Å². The Bertz CT molecular complexity index is 399. The summed E-state index contributed by atoms with van der Waals surface area (Å²) in [5.41, 5.74) is 0. The van der Waals surface area contributed by atoms with Crippen molar-refractivity contribution >= 4 is 5.78 Å². The van der Waals surface area contributed by atoms with E-state index in [9.17, 15) is 4.79 Å². The number of rotatable bonds is 31. The van der Waals surface area contributed by atoms with E-state index in [2.05, 4.69) is 13.8 Å². The largest absolute Gasteiger partial charge is 0.382 e. The molecule has 36 heavy (non-hydrogen) atoms. The SMILES string of the molecule is CCCCCCCCCCCCC(CCCCCCCCCCCC)CC(=O)CCCOCCOC. The van der Waals surface area contributed by atoms with E-state index in [0.29, 0.717) is 37.9 Å². The standard InChI is InChI=1S/C33H66O3/c1-4-6-8-10-12-14-16-18-20-22-25-32(31-33(34)27-24-28-36-30-29-35-3)26-23-21-19-17-15-13-11-9-7-5-2/h32H,4-31H2,1-3H3. The average Bonchev–Trinajstić information content (AvgIpc) is 2.88. The first-order valence-corrected chi connectivity index (χ1v) is 16.3. The predicted octanol–water partition coefficient (Wildman–Crippen LogP) is 10.6. The molecule has 0 unspecified atom stereocenters. The third kappa shape index (κ3) is 28.2. The first-order valence-electron chi connectivity index (χ1n) is 16.3. The van der Waals surface area contributed by atoms with Crippen molar-refractivity contribution in [1.29, 1.82) is 0 Å². The van der Waals surface area contributed by atoms with E-state index < -0.39 is 0 Å². The number of hydrogen-bond acceptors (Lipinski definition) is 3. The van der Waals surface area contributed by atoms with Crippen molar-refractivity contribution in [2.45, 2.75) is 174 Å². The Hall–Kier alpha value is -0.410. The van der Waals surface area contributed by atoms with E-state index in [-0.39, 0.29) is 0 Å². The molecular weight excluding hydrogens is 444 g/mol. The van der Waals surface area contributed by atoms with Gasteiger partial charge >= 0.3 is 0 Å². The Balaban J connectivity index is 4.02. The highest BCUT2D eigenvalue weighted by Crippen LogP contribution is 2.23. The maximum absolute atomic E-state index is 12.6. The van der Waals surface area contributed by atoms with Crippen LogP contribution in [0.4, 0.5) is 0 Å². The van der Waals surface area contributed by atoms with Gasteiger partial charge in [-0.25, -0.2) is 0 Å². The van der Waals surface area contributed by atoms with Crippen LogP contribution in [0.1, 0.15) is 174 Å². The molecule has 0 rings (SSSR count). The number of carbonyl (C=O) groups excluding carboxylic acids is 1. The molecule has 0 aliphatic rings. The lowest BCUT2D eigenvalue weighted by molar-refractivity contribution is -0.120. The zero-order valence-electron chi connectivity index (χ0n) is 25.1. The second-order valence-corrected chi connectivity index (χ2v) is 11.3. The number of ketones is 1. The molecule has 3 heteroatoms. The molecule has 0 aromatic heterocycles. The molecule has 0 aliphatic heterocycles. The number of carbonyl (C=O) groups is 1. The summed E-state index contributed by atoms with van der Waals surface area (Å²) in [5.74, 6) is 1.06. The fourth-order valence-corrected chi connectivity index (χ4v) is 5.23. The summed E-state index contributed by atoms with van der Waals surface area (Å²) in [5, 5.41) is 0. The summed E-state index contributed by atoms with van der Waals surface area (Å²) in [6.07, 6.45) is 32.6. The molecule has 0 heterocycles. The van der Waals surface area contributed by atoms with Crippen molar-refractivity contribution < 1.29 is 14.3 Å². The second kappa shape index (κ2) is 30.8. The third-order valence-electron chi connectivity index (χ3n) is 7.62. The Morgan fingerprint density at radius 2 is 0.944 bits per heavy atom. The molecule has 0 saturated carbocycles. The number of ether oxygens (including phenoxy) is 2. The smallest absolute Gasteiger partial charge is 0.133 e.